The molecule has 80 valence electrons. The summed E-state index contributed by atoms with van der Waals surface area (Å²) in [6.45, 7) is 0.118. The average molecular weight is 210 g/mol. The zero-order valence-corrected chi connectivity index (χ0v) is 7.88. The normalized spacial score (nSPS) is 9.40. The maximum absolute atomic E-state index is 11.3. The molecular formula is C8H10N4O3. The van der Waals surface area contributed by atoms with Crippen LogP contribution in [0.15, 0.2) is 21.7 Å². The molecule has 1 aromatic heterocycles. The number of carbonyl (C=O) groups excluding carboxylic acids is 1. The average Bonchev–Trinajstić information content (AvgIpc) is 2.71. The third-order valence-electron chi connectivity index (χ3n) is 1.57. The summed E-state index contributed by atoms with van der Waals surface area (Å²) in [6, 6.07) is 3.04. The molecule has 7 nitrogen and oxygen atoms in total. The van der Waals surface area contributed by atoms with Crippen LogP contribution in [0.5, 0.6) is 0 Å². The van der Waals surface area contributed by atoms with Gasteiger partial charge < -0.3 is 14.8 Å². The second-order valence-electron chi connectivity index (χ2n) is 2.63. The molecule has 0 aliphatic heterocycles. The molecule has 7 heteroatoms. The van der Waals surface area contributed by atoms with Crippen molar-refractivity contribution in [1.29, 1.82) is 0 Å². The molecule has 1 amide bonds. The van der Waals surface area contributed by atoms with Crippen LogP contribution in [0.2, 0.25) is 0 Å². The highest BCUT2D eigenvalue weighted by Gasteiger charge is 2.09. The van der Waals surface area contributed by atoms with Crippen molar-refractivity contribution in [2.45, 2.75) is 6.54 Å². The number of nitrogens with one attached hydrogen (secondary N) is 1. The minimum atomic E-state index is -0.406. The van der Waals surface area contributed by atoms with Crippen LogP contribution in [-0.2, 0) is 6.54 Å². The van der Waals surface area contributed by atoms with Crippen LogP contribution in [0.4, 0.5) is 0 Å². The Bertz CT molecular complexity index is 381. The summed E-state index contributed by atoms with van der Waals surface area (Å²) in [5.41, 5.74) is 8.07. The van der Waals surface area contributed by atoms with E-state index in [1.165, 1.54) is 6.07 Å². The van der Waals surface area contributed by atoms with Crippen LogP contribution in [-0.4, -0.2) is 24.2 Å². The zero-order valence-electron chi connectivity index (χ0n) is 7.88. The largest absolute Gasteiger partial charge is 0.456 e. The molecule has 0 saturated heterocycles. The molecule has 2 N–H and O–H groups in total. The summed E-state index contributed by atoms with van der Waals surface area (Å²) in [7, 11) is 0. The number of hydrogen-bond acceptors (Lipinski definition) is 4. The number of aliphatic hydroxyl groups excluding tert-OH is 1. The van der Waals surface area contributed by atoms with E-state index in [4.69, 9.17) is 15.1 Å². The third-order valence-corrected chi connectivity index (χ3v) is 1.57. The predicted molar refractivity (Wildman–Crippen MR) is 51.0 cm³/mol. The van der Waals surface area contributed by atoms with Crippen LogP contribution < -0.4 is 5.32 Å². The smallest absolute Gasteiger partial charge is 0.287 e. The van der Waals surface area contributed by atoms with Crippen molar-refractivity contribution in [2.75, 3.05) is 13.2 Å². The molecule has 0 atom stereocenters. The lowest BCUT2D eigenvalue weighted by Gasteiger charge is -1.98. The molecule has 1 aromatic rings. The highest BCUT2D eigenvalue weighted by Crippen LogP contribution is 2.08. The van der Waals surface area contributed by atoms with Crippen LogP contribution >= 0.6 is 0 Å². The lowest BCUT2D eigenvalue weighted by molar-refractivity contribution is 0.0915. The molecule has 0 unspecified atom stereocenters. The molecule has 0 bridgehead atoms. The molecule has 0 aromatic carbocycles. The first-order chi connectivity index (χ1) is 7.27. The van der Waals surface area contributed by atoms with Gasteiger partial charge in [0.05, 0.1) is 13.2 Å². The van der Waals surface area contributed by atoms with Crippen molar-refractivity contribution in [3.8, 4) is 0 Å². The van der Waals surface area contributed by atoms with Gasteiger partial charge in [0.1, 0.15) is 5.76 Å². The third kappa shape index (κ3) is 3.34. The van der Waals surface area contributed by atoms with E-state index in [-0.39, 0.29) is 25.5 Å². The first-order valence-corrected chi connectivity index (χ1v) is 4.26. The number of nitrogens with zero attached hydrogens (tertiary/aromatic N) is 3. The van der Waals surface area contributed by atoms with Crippen LogP contribution in [0.1, 0.15) is 16.3 Å². The van der Waals surface area contributed by atoms with Crippen molar-refractivity contribution in [3.63, 3.8) is 0 Å². The number of rotatable bonds is 5. The van der Waals surface area contributed by atoms with Gasteiger partial charge in [0, 0.05) is 11.5 Å². The molecule has 15 heavy (non-hydrogen) atoms. The summed E-state index contributed by atoms with van der Waals surface area (Å²) in [5.74, 6) is 0.143. The van der Waals surface area contributed by atoms with Crippen LogP contribution in [0.25, 0.3) is 10.4 Å². The summed E-state index contributed by atoms with van der Waals surface area (Å²) in [6.07, 6.45) is 0. The Morgan fingerprint density at radius 3 is 3.13 bits per heavy atom. The van der Waals surface area contributed by atoms with E-state index in [0.717, 1.165) is 0 Å². The topological polar surface area (TPSA) is 111 Å². The molecule has 0 spiro atoms. The number of hydrogen-bond donors (Lipinski definition) is 2. The molecular weight excluding hydrogens is 200 g/mol. The van der Waals surface area contributed by atoms with Gasteiger partial charge in [0.15, 0.2) is 5.76 Å². The lowest BCUT2D eigenvalue weighted by Crippen LogP contribution is -2.25. The highest BCUT2D eigenvalue weighted by atomic mass is 16.4. The molecule has 0 radical (unpaired) electrons. The Morgan fingerprint density at radius 1 is 1.67 bits per heavy atom. The second kappa shape index (κ2) is 5.69. The number of aliphatic hydroxyl groups is 1. The van der Waals surface area contributed by atoms with Crippen molar-refractivity contribution in [1.82, 2.24) is 5.32 Å². The molecule has 0 aliphatic carbocycles. The fourth-order valence-corrected chi connectivity index (χ4v) is 0.943. The van der Waals surface area contributed by atoms with Crippen molar-refractivity contribution in [3.05, 3.63) is 34.1 Å². The van der Waals surface area contributed by atoms with E-state index in [0.29, 0.717) is 5.76 Å². The summed E-state index contributed by atoms with van der Waals surface area (Å²) >= 11 is 0. The standard InChI is InChI=1S/C8H10N4O3/c9-12-11-5-6-1-2-7(15-6)8(14)10-3-4-13/h1-2,13H,3-5H2,(H,10,14). The minimum absolute atomic E-state index is 0.0732. The highest BCUT2D eigenvalue weighted by molar-refractivity contribution is 5.91. The zero-order chi connectivity index (χ0) is 11.1. The van der Waals surface area contributed by atoms with Gasteiger partial charge in [0.2, 0.25) is 0 Å². The van der Waals surface area contributed by atoms with Gasteiger partial charge in [-0.05, 0) is 17.7 Å². The minimum Gasteiger partial charge on any atom is -0.456 e. The molecule has 1 rings (SSSR count). The first-order valence-electron chi connectivity index (χ1n) is 4.26. The monoisotopic (exact) mass is 210 g/mol. The summed E-state index contributed by atoms with van der Waals surface area (Å²) < 4.78 is 5.09. The SMILES string of the molecule is [N-]=[N+]=NCc1ccc(C(=O)NCCO)o1. The van der Waals surface area contributed by atoms with Gasteiger partial charge in [-0.15, -0.1) is 0 Å². The van der Waals surface area contributed by atoms with E-state index in [9.17, 15) is 4.79 Å². The van der Waals surface area contributed by atoms with Crippen molar-refractivity contribution < 1.29 is 14.3 Å². The number of furan rings is 1. The van der Waals surface area contributed by atoms with Gasteiger partial charge in [0.25, 0.3) is 5.91 Å². The van der Waals surface area contributed by atoms with Crippen molar-refractivity contribution >= 4 is 5.91 Å². The quantitative estimate of drug-likeness (QED) is 0.426. The van der Waals surface area contributed by atoms with E-state index in [1.54, 1.807) is 6.07 Å². The van der Waals surface area contributed by atoms with Gasteiger partial charge in [-0.2, -0.15) is 0 Å². The van der Waals surface area contributed by atoms with E-state index >= 15 is 0 Å². The van der Waals surface area contributed by atoms with Gasteiger partial charge >= 0.3 is 0 Å². The second-order valence-corrected chi connectivity index (χ2v) is 2.63. The lowest BCUT2D eigenvalue weighted by atomic mass is 10.4. The number of amides is 1. The van der Waals surface area contributed by atoms with Crippen molar-refractivity contribution in [2.24, 2.45) is 5.11 Å². The maximum atomic E-state index is 11.3. The fourth-order valence-electron chi connectivity index (χ4n) is 0.943. The van der Waals surface area contributed by atoms with E-state index in [1.807, 2.05) is 0 Å². The van der Waals surface area contributed by atoms with Gasteiger partial charge in [-0.25, -0.2) is 0 Å². The number of azide groups is 1. The van der Waals surface area contributed by atoms with E-state index in [2.05, 4.69) is 15.3 Å². The summed E-state index contributed by atoms with van der Waals surface area (Å²) in [5, 5.41) is 14.2. The first kappa shape index (κ1) is 11.1. The van der Waals surface area contributed by atoms with E-state index < -0.39 is 5.91 Å². The Balaban J connectivity index is 2.58. The fraction of sp³-hybridized carbons (Fsp3) is 0.375. The Kier molecular flexibility index (Phi) is 4.21. The van der Waals surface area contributed by atoms with Crippen LogP contribution in [0, 0.1) is 0 Å². The predicted octanol–water partition coefficient (Wildman–Crippen LogP) is 0.812. The van der Waals surface area contributed by atoms with Gasteiger partial charge in [-0.1, -0.05) is 5.11 Å². The van der Waals surface area contributed by atoms with Crippen LogP contribution in [0.3, 0.4) is 0 Å². The molecule has 0 saturated carbocycles. The van der Waals surface area contributed by atoms with Gasteiger partial charge in [-0.3, -0.25) is 4.79 Å². The molecule has 0 fully saturated rings. The Hall–Kier alpha value is -1.98. The maximum Gasteiger partial charge on any atom is 0.287 e. The Labute approximate surface area is 85.3 Å². The number of carbonyl (C=O) groups is 1. The summed E-state index contributed by atoms with van der Waals surface area (Å²) in [4.78, 5) is 13.8. The molecule has 1 heterocycles. The molecule has 0 aliphatic rings. The Morgan fingerprint density at radius 2 is 2.47 bits per heavy atom.